The highest BCUT2D eigenvalue weighted by Gasteiger charge is 2.33. The lowest BCUT2D eigenvalue weighted by Gasteiger charge is -2.17. The van der Waals surface area contributed by atoms with Crippen LogP contribution in [0.1, 0.15) is 16.8 Å². The molecule has 8 nitrogen and oxygen atoms in total. The fourth-order valence-electron chi connectivity index (χ4n) is 3.01. The van der Waals surface area contributed by atoms with Crippen molar-refractivity contribution in [3.8, 4) is 0 Å². The maximum absolute atomic E-state index is 13.0. The standard InChI is InChI=1S/C14H15N5O3S/c1-8-3-10-11(17-14(20)16-10)4-13(8)23(21,22)19-6-9-5-15-18(2)12(9)7-19/h3-5H,6-7H2,1-2H3,(H2,16,17,20). The summed E-state index contributed by atoms with van der Waals surface area (Å²) in [5, 5.41) is 4.14. The third-order valence-corrected chi connectivity index (χ3v) is 6.18. The van der Waals surface area contributed by atoms with Crippen molar-refractivity contribution >= 4 is 21.1 Å². The SMILES string of the molecule is Cc1cc2[nH]c(=O)[nH]c2cc1S(=O)(=O)N1Cc2cnn(C)c2C1. The summed E-state index contributed by atoms with van der Waals surface area (Å²) in [7, 11) is -1.85. The van der Waals surface area contributed by atoms with Crippen molar-refractivity contribution in [2.45, 2.75) is 24.9 Å². The number of aromatic amines is 2. The molecule has 0 atom stereocenters. The van der Waals surface area contributed by atoms with E-state index in [0.29, 0.717) is 29.7 Å². The van der Waals surface area contributed by atoms with Gasteiger partial charge in [0.2, 0.25) is 10.0 Å². The predicted molar refractivity (Wildman–Crippen MR) is 83.3 cm³/mol. The number of aromatic nitrogens is 4. The molecule has 0 fully saturated rings. The van der Waals surface area contributed by atoms with E-state index >= 15 is 0 Å². The lowest BCUT2D eigenvalue weighted by molar-refractivity contribution is 0.421. The van der Waals surface area contributed by atoms with E-state index in [1.54, 1.807) is 30.9 Å². The molecule has 3 aromatic rings. The van der Waals surface area contributed by atoms with Crippen LogP contribution < -0.4 is 5.69 Å². The lowest BCUT2D eigenvalue weighted by atomic mass is 10.2. The van der Waals surface area contributed by atoms with Gasteiger partial charge in [-0.25, -0.2) is 13.2 Å². The van der Waals surface area contributed by atoms with E-state index in [1.807, 2.05) is 0 Å². The van der Waals surface area contributed by atoms with Gasteiger partial charge in [0.1, 0.15) is 0 Å². The molecule has 2 N–H and O–H groups in total. The first-order chi connectivity index (χ1) is 10.9. The molecule has 23 heavy (non-hydrogen) atoms. The average Bonchev–Trinajstić information content (AvgIpc) is 3.13. The van der Waals surface area contributed by atoms with Crippen LogP contribution in [0.15, 0.2) is 28.0 Å². The van der Waals surface area contributed by atoms with Crippen molar-refractivity contribution in [3.05, 3.63) is 45.6 Å². The second kappa shape index (κ2) is 4.56. The predicted octanol–water partition coefficient (Wildman–Crippen LogP) is 0.603. The molecular weight excluding hydrogens is 318 g/mol. The normalized spacial score (nSPS) is 15.4. The molecule has 0 bridgehead atoms. The second-order valence-corrected chi connectivity index (χ2v) is 7.66. The largest absolute Gasteiger partial charge is 0.323 e. The zero-order valence-electron chi connectivity index (χ0n) is 12.6. The molecule has 9 heteroatoms. The smallest absolute Gasteiger partial charge is 0.306 e. The van der Waals surface area contributed by atoms with E-state index < -0.39 is 10.0 Å². The van der Waals surface area contributed by atoms with Crippen LogP contribution in [-0.4, -0.2) is 32.5 Å². The van der Waals surface area contributed by atoms with Crippen molar-refractivity contribution in [1.29, 1.82) is 0 Å². The molecule has 1 aliphatic rings. The van der Waals surface area contributed by atoms with E-state index in [0.717, 1.165) is 11.3 Å². The maximum Gasteiger partial charge on any atom is 0.323 e. The van der Waals surface area contributed by atoms with Crippen LogP contribution in [0.5, 0.6) is 0 Å². The Bertz CT molecular complexity index is 1090. The van der Waals surface area contributed by atoms with Crippen LogP contribution in [0.3, 0.4) is 0 Å². The van der Waals surface area contributed by atoms with Crippen molar-refractivity contribution in [2.75, 3.05) is 0 Å². The van der Waals surface area contributed by atoms with Gasteiger partial charge in [-0.3, -0.25) is 4.68 Å². The zero-order valence-corrected chi connectivity index (χ0v) is 13.4. The molecule has 0 spiro atoms. The Morgan fingerprint density at radius 2 is 1.87 bits per heavy atom. The van der Waals surface area contributed by atoms with Crippen molar-refractivity contribution in [1.82, 2.24) is 24.1 Å². The summed E-state index contributed by atoms with van der Waals surface area (Å²) in [6, 6.07) is 3.18. The Balaban J connectivity index is 1.80. The Kier molecular flexibility index (Phi) is 2.82. The van der Waals surface area contributed by atoms with E-state index in [2.05, 4.69) is 15.1 Å². The molecule has 120 valence electrons. The van der Waals surface area contributed by atoms with Crippen LogP contribution >= 0.6 is 0 Å². The van der Waals surface area contributed by atoms with Gasteiger partial charge in [-0.15, -0.1) is 0 Å². The van der Waals surface area contributed by atoms with Gasteiger partial charge in [0.05, 0.1) is 34.4 Å². The van der Waals surface area contributed by atoms with Gasteiger partial charge in [0.25, 0.3) is 0 Å². The van der Waals surface area contributed by atoms with Crippen molar-refractivity contribution in [2.24, 2.45) is 7.05 Å². The van der Waals surface area contributed by atoms with E-state index in [-0.39, 0.29) is 10.6 Å². The highest BCUT2D eigenvalue weighted by Crippen LogP contribution is 2.30. The molecule has 1 aliphatic heterocycles. The molecule has 0 saturated heterocycles. The number of H-pyrrole nitrogens is 2. The topological polar surface area (TPSA) is 104 Å². The first-order valence-corrected chi connectivity index (χ1v) is 8.53. The number of rotatable bonds is 2. The third kappa shape index (κ3) is 2.04. The minimum atomic E-state index is -3.65. The van der Waals surface area contributed by atoms with Crippen LogP contribution in [0.25, 0.3) is 11.0 Å². The minimum Gasteiger partial charge on any atom is -0.306 e. The van der Waals surface area contributed by atoms with Gasteiger partial charge in [-0.2, -0.15) is 9.40 Å². The molecule has 0 unspecified atom stereocenters. The molecule has 0 saturated carbocycles. The molecule has 0 amide bonds. The highest BCUT2D eigenvalue weighted by molar-refractivity contribution is 7.89. The van der Waals surface area contributed by atoms with E-state index in [1.165, 1.54) is 10.4 Å². The number of hydrogen-bond acceptors (Lipinski definition) is 4. The summed E-state index contributed by atoms with van der Waals surface area (Å²) in [5.74, 6) is 0. The van der Waals surface area contributed by atoms with E-state index in [9.17, 15) is 13.2 Å². The van der Waals surface area contributed by atoms with Crippen LogP contribution in [0, 0.1) is 6.92 Å². The van der Waals surface area contributed by atoms with E-state index in [4.69, 9.17) is 0 Å². The minimum absolute atomic E-state index is 0.209. The Labute approximate surface area is 131 Å². The van der Waals surface area contributed by atoms with Gasteiger partial charge in [-0.05, 0) is 24.6 Å². The number of sulfonamides is 1. The van der Waals surface area contributed by atoms with Gasteiger partial charge >= 0.3 is 5.69 Å². The second-order valence-electron chi connectivity index (χ2n) is 5.76. The maximum atomic E-state index is 13.0. The Morgan fingerprint density at radius 3 is 2.57 bits per heavy atom. The molecule has 0 aliphatic carbocycles. The van der Waals surface area contributed by atoms with Crippen molar-refractivity contribution < 1.29 is 8.42 Å². The Hall–Kier alpha value is -2.39. The van der Waals surface area contributed by atoms with Crippen LogP contribution in [-0.2, 0) is 30.2 Å². The number of hydrogen-bond donors (Lipinski definition) is 2. The van der Waals surface area contributed by atoms with Crippen molar-refractivity contribution in [3.63, 3.8) is 0 Å². The summed E-state index contributed by atoms with van der Waals surface area (Å²) in [6.45, 7) is 2.34. The molecule has 0 radical (unpaired) electrons. The molecule has 4 rings (SSSR count). The lowest BCUT2D eigenvalue weighted by Crippen LogP contribution is -2.27. The zero-order chi connectivity index (χ0) is 16.4. The number of nitrogens with one attached hydrogen (secondary N) is 2. The number of imidazole rings is 1. The van der Waals surface area contributed by atoms with Crippen LogP contribution in [0.4, 0.5) is 0 Å². The fourth-order valence-corrected chi connectivity index (χ4v) is 4.63. The first-order valence-electron chi connectivity index (χ1n) is 7.09. The van der Waals surface area contributed by atoms with Gasteiger partial charge in [0, 0.05) is 19.2 Å². The summed E-state index contributed by atoms with van der Waals surface area (Å²) in [5.41, 5.74) is 3.15. The molecule has 1 aromatic carbocycles. The molecule has 2 aromatic heterocycles. The Morgan fingerprint density at radius 1 is 1.17 bits per heavy atom. The van der Waals surface area contributed by atoms with Gasteiger partial charge in [-0.1, -0.05) is 0 Å². The van der Waals surface area contributed by atoms with Gasteiger partial charge in [0.15, 0.2) is 0 Å². The summed E-state index contributed by atoms with van der Waals surface area (Å²) in [4.78, 5) is 16.8. The third-order valence-electron chi connectivity index (χ3n) is 4.25. The molecule has 3 heterocycles. The number of fused-ring (bicyclic) bond motifs is 2. The first kappa shape index (κ1) is 14.2. The summed E-state index contributed by atoms with van der Waals surface area (Å²) < 4.78 is 29.1. The quantitative estimate of drug-likeness (QED) is 0.717. The monoisotopic (exact) mass is 333 g/mol. The van der Waals surface area contributed by atoms with Gasteiger partial charge < -0.3 is 9.97 Å². The number of nitrogens with zero attached hydrogens (tertiary/aromatic N) is 3. The average molecular weight is 333 g/mol. The number of aryl methyl sites for hydroxylation is 2. The molecular formula is C14H15N5O3S. The number of benzene rings is 1. The highest BCUT2D eigenvalue weighted by atomic mass is 32.2. The van der Waals surface area contributed by atoms with Crippen LogP contribution in [0.2, 0.25) is 0 Å². The summed E-state index contributed by atoms with van der Waals surface area (Å²) in [6.07, 6.45) is 1.70. The fraction of sp³-hybridized carbons (Fsp3) is 0.286. The summed E-state index contributed by atoms with van der Waals surface area (Å²) >= 11 is 0.